The molecule has 21 heavy (non-hydrogen) atoms. The summed E-state index contributed by atoms with van der Waals surface area (Å²) in [6.07, 6.45) is -0.309. The Morgan fingerprint density at radius 2 is 2.00 bits per heavy atom. The minimum absolute atomic E-state index is 0.221. The summed E-state index contributed by atoms with van der Waals surface area (Å²) in [5, 5.41) is 3.48. The smallest absolute Gasteiger partial charge is 0.414 e. The van der Waals surface area contributed by atoms with Crippen LogP contribution in [0.2, 0.25) is 0 Å². The Bertz CT molecular complexity index is 576. The van der Waals surface area contributed by atoms with Gasteiger partial charge in [0.15, 0.2) is 0 Å². The summed E-state index contributed by atoms with van der Waals surface area (Å²) >= 11 is 3.58. The first-order valence-electron chi connectivity index (χ1n) is 7.07. The standard InChI is InChI=1S/C16H23BrN2O2/c1-10-7-11(17)13-12(8-10)19(9-16(5,6)18-13)14(20)21-15(2,3)4/h7-8,18H,9H2,1-6H3. The second-order valence-corrected chi connectivity index (χ2v) is 8.07. The predicted octanol–water partition coefficient (Wildman–Crippen LogP) is 4.70. The SMILES string of the molecule is Cc1cc(Br)c2c(c1)N(C(=O)OC(C)(C)C)CC(C)(C)N2. The van der Waals surface area contributed by atoms with Crippen LogP contribution in [0.25, 0.3) is 0 Å². The molecule has 0 aromatic heterocycles. The minimum atomic E-state index is -0.507. The first kappa shape index (κ1) is 16.1. The molecule has 1 aliphatic rings. The molecule has 2 rings (SSSR count). The van der Waals surface area contributed by atoms with Gasteiger partial charge in [-0.1, -0.05) is 0 Å². The molecule has 0 saturated heterocycles. The zero-order valence-corrected chi connectivity index (χ0v) is 15.1. The average Bonchev–Trinajstić information content (AvgIpc) is 2.26. The van der Waals surface area contributed by atoms with Gasteiger partial charge in [-0.15, -0.1) is 0 Å². The highest BCUT2D eigenvalue weighted by molar-refractivity contribution is 9.10. The van der Waals surface area contributed by atoms with Gasteiger partial charge in [0.05, 0.1) is 17.9 Å². The van der Waals surface area contributed by atoms with Crippen molar-refractivity contribution < 1.29 is 9.53 Å². The molecule has 1 amide bonds. The Kier molecular flexibility index (Phi) is 4.00. The largest absolute Gasteiger partial charge is 0.443 e. The van der Waals surface area contributed by atoms with Gasteiger partial charge >= 0.3 is 6.09 Å². The van der Waals surface area contributed by atoms with Gasteiger partial charge in [-0.05, 0) is 75.2 Å². The third-order valence-corrected chi connectivity index (χ3v) is 3.76. The highest BCUT2D eigenvalue weighted by Crippen LogP contribution is 2.41. The number of anilines is 2. The molecule has 0 fully saturated rings. The summed E-state index contributed by atoms with van der Waals surface area (Å²) in [5.74, 6) is 0. The molecule has 1 aromatic rings. The van der Waals surface area contributed by atoms with Crippen LogP contribution in [0.3, 0.4) is 0 Å². The molecule has 1 N–H and O–H groups in total. The minimum Gasteiger partial charge on any atom is -0.443 e. The summed E-state index contributed by atoms with van der Waals surface area (Å²) in [7, 11) is 0. The molecule has 1 aliphatic heterocycles. The monoisotopic (exact) mass is 354 g/mol. The Balaban J connectivity index is 2.46. The van der Waals surface area contributed by atoms with Gasteiger partial charge in [0, 0.05) is 10.0 Å². The van der Waals surface area contributed by atoms with E-state index < -0.39 is 5.60 Å². The van der Waals surface area contributed by atoms with Gasteiger partial charge in [-0.3, -0.25) is 4.90 Å². The number of rotatable bonds is 0. The van der Waals surface area contributed by atoms with E-state index in [0.29, 0.717) is 6.54 Å². The summed E-state index contributed by atoms with van der Waals surface area (Å²) in [5.41, 5.74) is 2.16. The van der Waals surface area contributed by atoms with E-state index in [4.69, 9.17) is 4.74 Å². The summed E-state index contributed by atoms with van der Waals surface area (Å²) in [6, 6.07) is 4.05. The normalized spacial score (nSPS) is 17.0. The van der Waals surface area contributed by atoms with Gasteiger partial charge < -0.3 is 10.1 Å². The van der Waals surface area contributed by atoms with Gasteiger partial charge in [0.25, 0.3) is 0 Å². The molecule has 1 aromatic carbocycles. The van der Waals surface area contributed by atoms with E-state index in [1.807, 2.05) is 39.8 Å². The first-order chi connectivity index (χ1) is 9.48. The number of benzene rings is 1. The zero-order chi connectivity index (χ0) is 16.0. The lowest BCUT2D eigenvalue weighted by atomic mass is 9.99. The molecule has 5 heteroatoms. The zero-order valence-electron chi connectivity index (χ0n) is 13.5. The van der Waals surface area contributed by atoms with Crippen LogP contribution in [0.4, 0.5) is 16.2 Å². The Morgan fingerprint density at radius 3 is 2.57 bits per heavy atom. The van der Waals surface area contributed by atoms with E-state index in [1.54, 1.807) is 4.90 Å². The summed E-state index contributed by atoms with van der Waals surface area (Å²) in [6.45, 7) is 12.4. The van der Waals surface area contributed by atoms with Crippen molar-refractivity contribution in [2.24, 2.45) is 0 Å². The number of nitrogens with zero attached hydrogens (tertiary/aromatic N) is 1. The van der Waals surface area contributed by atoms with Crippen molar-refractivity contribution in [2.75, 3.05) is 16.8 Å². The van der Waals surface area contributed by atoms with Crippen LogP contribution in [-0.2, 0) is 4.74 Å². The quantitative estimate of drug-likeness (QED) is 0.733. The molecule has 0 unspecified atom stereocenters. The van der Waals surface area contributed by atoms with Crippen LogP contribution in [0.5, 0.6) is 0 Å². The first-order valence-corrected chi connectivity index (χ1v) is 7.87. The van der Waals surface area contributed by atoms with E-state index in [0.717, 1.165) is 21.4 Å². The van der Waals surface area contributed by atoms with E-state index in [1.165, 1.54) is 0 Å². The molecule has 0 saturated carbocycles. The topological polar surface area (TPSA) is 41.6 Å². The molecule has 0 bridgehead atoms. The van der Waals surface area contributed by atoms with Crippen LogP contribution < -0.4 is 10.2 Å². The van der Waals surface area contributed by atoms with Gasteiger partial charge in [-0.25, -0.2) is 4.79 Å². The van der Waals surface area contributed by atoms with Crippen molar-refractivity contribution in [2.45, 2.75) is 52.7 Å². The summed E-state index contributed by atoms with van der Waals surface area (Å²) < 4.78 is 6.51. The number of hydrogen-bond acceptors (Lipinski definition) is 3. The van der Waals surface area contributed by atoms with Crippen LogP contribution in [0, 0.1) is 6.92 Å². The number of amides is 1. The van der Waals surface area contributed by atoms with Crippen LogP contribution in [-0.4, -0.2) is 23.8 Å². The highest BCUT2D eigenvalue weighted by atomic mass is 79.9. The van der Waals surface area contributed by atoms with Crippen molar-refractivity contribution in [3.8, 4) is 0 Å². The fourth-order valence-electron chi connectivity index (χ4n) is 2.40. The lowest BCUT2D eigenvalue weighted by molar-refractivity contribution is 0.0573. The fourth-order valence-corrected chi connectivity index (χ4v) is 3.06. The fraction of sp³-hybridized carbons (Fsp3) is 0.562. The molecule has 4 nitrogen and oxygen atoms in total. The lowest BCUT2D eigenvalue weighted by Gasteiger charge is -2.41. The maximum Gasteiger partial charge on any atom is 0.414 e. The lowest BCUT2D eigenvalue weighted by Crippen LogP contribution is -2.52. The van der Waals surface area contributed by atoms with Crippen LogP contribution in [0.1, 0.15) is 40.2 Å². The molecule has 0 radical (unpaired) electrons. The number of halogens is 1. The molecule has 0 spiro atoms. The Labute approximate surface area is 135 Å². The molecule has 0 aliphatic carbocycles. The van der Waals surface area contributed by atoms with Crippen LogP contribution >= 0.6 is 15.9 Å². The van der Waals surface area contributed by atoms with Crippen LogP contribution in [0.15, 0.2) is 16.6 Å². The van der Waals surface area contributed by atoms with Crippen molar-refractivity contribution in [1.29, 1.82) is 0 Å². The molecule has 1 heterocycles. The molecular formula is C16H23BrN2O2. The van der Waals surface area contributed by atoms with E-state index in [2.05, 4.69) is 35.1 Å². The molecule has 116 valence electrons. The van der Waals surface area contributed by atoms with Gasteiger partial charge in [-0.2, -0.15) is 0 Å². The second kappa shape index (κ2) is 5.20. The molecule has 0 atom stereocenters. The number of fused-ring (bicyclic) bond motifs is 1. The third kappa shape index (κ3) is 3.70. The number of aryl methyl sites for hydroxylation is 1. The highest BCUT2D eigenvalue weighted by Gasteiger charge is 2.36. The van der Waals surface area contributed by atoms with E-state index in [-0.39, 0.29) is 11.6 Å². The average molecular weight is 355 g/mol. The van der Waals surface area contributed by atoms with Gasteiger partial charge in [0.1, 0.15) is 5.60 Å². The van der Waals surface area contributed by atoms with Crippen molar-refractivity contribution >= 4 is 33.4 Å². The third-order valence-electron chi connectivity index (χ3n) is 3.14. The number of nitrogens with one attached hydrogen (secondary N) is 1. The van der Waals surface area contributed by atoms with Gasteiger partial charge in [0.2, 0.25) is 0 Å². The van der Waals surface area contributed by atoms with E-state index in [9.17, 15) is 4.79 Å². The number of ether oxygens (including phenoxy) is 1. The number of carbonyl (C=O) groups is 1. The number of carbonyl (C=O) groups excluding carboxylic acids is 1. The summed E-state index contributed by atoms with van der Waals surface area (Å²) in [4.78, 5) is 14.3. The predicted molar refractivity (Wildman–Crippen MR) is 90.2 cm³/mol. The number of hydrogen-bond donors (Lipinski definition) is 1. The Morgan fingerprint density at radius 1 is 1.38 bits per heavy atom. The second-order valence-electron chi connectivity index (χ2n) is 7.22. The Hall–Kier alpha value is -1.23. The van der Waals surface area contributed by atoms with Crippen molar-refractivity contribution in [3.05, 3.63) is 22.2 Å². The molecular weight excluding hydrogens is 332 g/mol. The van der Waals surface area contributed by atoms with Crippen molar-refractivity contribution in [1.82, 2.24) is 0 Å². The maximum absolute atomic E-state index is 12.5. The van der Waals surface area contributed by atoms with Crippen molar-refractivity contribution in [3.63, 3.8) is 0 Å². The maximum atomic E-state index is 12.5. The van der Waals surface area contributed by atoms with E-state index >= 15 is 0 Å².